The molecule has 3 rings (SSSR count). The van der Waals surface area contributed by atoms with Crippen LogP contribution in [0.25, 0.3) is 11.3 Å². The Labute approximate surface area is 101 Å². The van der Waals surface area contributed by atoms with Crippen LogP contribution in [0, 0.1) is 0 Å². The molecule has 3 aromatic rings. The highest BCUT2D eigenvalue weighted by Gasteiger charge is 2.05. The summed E-state index contributed by atoms with van der Waals surface area (Å²) in [7, 11) is 0. The lowest BCUT2D eigenvalue weighted by atomic mass is 10.2. The molecule has 84 valence electrons. The fourth-order valence-corrected chi connectivity index (χ4v) is 2.11. The Bertz CT molecular complexity index is 591. The standard InChI is InChI=1S/C11H8N4OS/c1-2-4-8(5-3-1)9-6-17-11(13-9)14-10-12-7-16-15-10/h1-7H,(H,13,14,15). The van der Waals surface area contributed by atoms with Gasteiger partial charge in [0.15, 0.2) is 5.13 Å². The van der Waals surface area contributed by atoms with Crippen LogP contribution in [0.15, 0.2) is 46.6 Å². The molecule has 0 bridgehead atoms. The molecule has 1 aromatic carbocycles. The first kappa shape index (κ1) is 9.98. The van der Waals surface area contributed by atoms with Crippen LogP contribution in [0.1, 0.15) is 0 Å². The summed E-state index contributed by atoms with van der Waals surface area (Å²) < 4.78 is 4.63. The number of aromatic nitrogens is 3. The number of nitrogens with one attached hydrogen (secondary N) is 1. The van der Waals surface area contributed by atoms with Crippen molar-refractivity contribution in [3.05, 3.63) is 42.1 Å². The smallest absolute Gasteiger partial charge is 0.269 e. The van der Waals surface area contributed by atoms with Gasteiger partial charge in [-0.05, 0) is 5.16 Å². The number of nitrogens with zero attached hydrogens (tertiary/aromatic N) is 3. The van der Waals surface area contributed by atoms with Gasteiger partial charge in [-0.15, -0.1) is 11.3 Å². The summed E-state index contributed by atoms with van der Waals surface area (Å²) in [6.45, 7) is 0. The summed E-state index contributed by atoms with van der Waals surface area (Å²) in [4.78, 5) is 8.31. The topological polar surface area (TPSA) is 63.8 Å². The quantitative estimate of drug-likeness (QED) is 0.767. The lowest BCUT2D eigenvalue weighted by Crippen LogP contribution is -1.91. The van der Waals surface area contributed by atoms with Crippen molar-refractivity contribution < 1.29 is 4.52 Å². The highest BCUT2D eigenvalue weighted by molar-refractivity contribution is 7.14. The summed E-state index contributed by atoms with van der Waals surface area (Å²) >= 11 is 1.50. The lowest BCUT2D eigenvalue weighted by Gasteiger charge is -1.95. The molecule has 0 amide bonds. The van der Waals surface area contributed by atoms with Crippen molar-refractivity contribution in [2.75, 3.05) is 5.32 Å². The van der Waals surface area contributed by atoms with Crippen LogP contribution >= 0.6 is 11.3 Å². The van der Waals surface area contributed by atoms with E-state index in [1.807, 2.05) is 35.7 Å². The molecule has 0 radical (unpaired) electrons. The second kappa shape index (κ2) is 4.34. The van der Waals surface area contributed by atoms with Crippen LogP contribution in [-0.4, -0.2) is 15.1 Å². The predicted molar refractivity (Wildman–Crippen MR) is 65.1 cm³/mol. The van der Waals surface area contributed by atoms with E-state index in [1.54, 1.807) is 0 Å². The van der Waals surface area contributed by atoms with Gasteiger partial charge in [-0.25, -0.2) is 4.98 Å². The normalized spacial score (nSPS) is 10.4. The first-order chi connectivity index (χ1) is 8.42. The van der Waals surface area contributed by atoms with Gasteiger partial charge < -0.3 is 4.52 Å². The molecule has 0 unspecified atom stereocenters. The van der Waals surface area contributed by atoms with Crippen LogP contribution in [0.2, 0.25) is 0 Å². The van der Waals surface area contributed by atoms with Crippen LogP contribution in [-0.2, 0) is 0 Å². The molecule has 0 spiro atoms. The molecule has 17 heavy (non-hydrogen) atoms. The van der Waals surface area contributed by atoms with E-state index < -0.39 is 0 Å². The Hall–Kier alpha value is -2.21. The van der Waals surface area contributed by atoms with Gasteiger partial charge in [-0.1, -0.05) is 30.3 Å². The maximum Gasteiger partial charge on any atom is 0.269 e. The fraction of sp³-hybridized carbons (Fsp3) is 0. The Kier molecular flexibility index (Phi) is 2.55. The monoisotopic (exact) mass is 244 g/mol. The largest absolute Gasteiger partial charge is 0.341 e. The fourth-order valence-electron chi connectivity index (χ4n) is 1.39. The van der Waals surface area contributed by atoms with Gasteiger partial charge in [0.05, 0.1) is 5.69 Å². The molecular formula is C11H8N4OS. The molecule has 0 fully saturated rings. The second-order valence-electron chi connectivity index (χ2n) is 3.28. The number of benzene rings is 1. The molecule has 6 heteroatoms. The maximum atomic E-state index is 4.63. The van der Waals surface area contributed by atoms with Crippen LogP contribution in [0.4, 0.5) is 11.1 Å². The first-order valence-electron chi connectivity index (χ1n) is 4.96. The van der Waals surface area contributed by atoms with Gasteiger partial charge in [0.1, 0.15) is 0 Å². The molecule has 0 aliphatic rings. The average Bonchev–Trinajstić information content (AvgIpc) is 3.02. The van der Waals surface area contributed by atoms with E-state index in [0.29, 0.717) is 5.95 Å². The lowest BCUT2D eigenvalue weighted by molar-refractivity contribution is 0.419. The van der Waals surface area contributed by atoms with E-state index in [9.17, 15) is 0 Å². The summed E-state index contributed by atoms with van der Waals surface area (Å²) in [6, 6.07) is 10.00. The van der Waals surface area contributed by atoms with Crippen molar-refractivity contribution in [1.29, 1.82) is 0 Å². The molecule has 5 nitrogen and oxygen atoms in total. The average molecular weight is 244 g/mol. The van der Waals surface area contributed by atoms with E-state index in [-0.39, 0.29) is 0 Å². The Morgan fingerprint density at radius 1 is 1.18 bits per heavy atom. The van der Waals surface area contributed by atoms with E-state index in [1.165, 1.54) is 17.7 Å². The zero-order valence-corrected chi connectivity index (χ0v) is 9.52. The summed E-state index contributed by atoms with van der Waals surface area (Å²) in [6.07, 6.45) is 1.27. The zero-order chi connectivity index (χ0) is 11.5. The second-order valence-corrected chi connectivity index (χ2v) is 4.14. The highest BCUT2D eigenvalue weighted by Crippen LogP contribution is 2.25. The molecule has 0 aliphatic carbocycles. The van der Waals surface area contributed by atoms with Gasteiger partial charge in [0.25, 0.3) is 5.95 Å². The summed E-state index contributed by atoms with van der Waals surface area (Å²) in [5.41, 5.74) is 2.02. The maximum absolute atomic E-state index is 4.63. The van der Waals surface area contributed by atoms with E-state index >= 15 is 0 Å². The SMILES string of the molecule is c1ccc(-c2csc(Nc3ncon3)n2)cc1. The number of thiazole rings is 1. The molecule has 0 aliphatic heterocycles. The van der Waals surface area contributed by atoms with Crippen LogP contribution in [0.3, 0.4) is 0 Å². The number of rotatable bonds is 3. The van der Waals surface area contributed by atoms with Crippen molar-refractivity contribution in [1.82, 2.24) is 15.1 Å². The van der Waals surface area contributed by atoms with E-state index in [0.717, 1.165) is 16.4 Å². The Morgan fingerprint density at radius 3 is 2.82 bits per heavy atom. The van der Waals surface area contributed by atoms with E-state index in [4.69, 9.17) is 0 Å². The van der Waals surface area contributed by atoms with Crippen molar-refractivity contribution in [3.63, 3.8) is 0 Å². The number of hydrogen-bond acceptors (Lipinski definition) is 6. The third-order valence-corrected chi connectivity index (χ3v) is 2.91. The van der Waals surface area contributed by atoms with Gasteiger partial charge in [0.2, 0.25) is 6.39 Å². The predicted octanol–water partition coefficient (Wildman–Crippen LogP) is 2.94. The van der Waals surface area contributed by atoms with Gasteiger partial charge in [0, 0.05) is 10.9 Å². The van der Waals surface area contributed by atoms with Crippen molar-refractivity contribution in [3.8, 4) is 11.3 Å². The van der Waals surface area contributed by atoms with Crippen molar-refractivity contribution in [2.45, 2.75) is 0 Å². The Morgan fingerprint density at radius 2 is 2.06 bits per heavy atom. The van der Waals surface area contributed by atoms with Gasteiger partial charge in [-0.3, -0.25) is 5.32 Å². The third-order valence-electron chi connectivity index (χ3n) is 2.15. The molecule has 0 atom stereocenters. The molecule has 1 N–H and O–H groups in total. The minimum absolute atomic E-state index is 0.416. The van der Waals surface area contributed by atoms with Crippen molar-refractivity contribution in [2.24, 2.45) is 0 Å². The van der Waals surface area contributed by atoms with Crippen molar-refractivity contribution >= 4 is 22.4 Å². The van der Waals surface area contributed by atoms with E-state index in [2.05, 4.69) is 25.0 Å². The summed E-state index contributed by atoms with van der Waals surface area (Å²) in [5.74, 6) is 0.416. The minimum atomic E-state index is 0.416. The van der Waals surface area contributed by atoms with Gasteiger partial charge in [-0.2, -0.15) is 4.98 Å². The molecule has 0 saturated carbocycles. The molecule has 2 heterocycles. The highest BCUT2D eigenvalue weighted by atomic mass is 32.1. The first-order valence-corrected chi connectivity index (χ1v) is 5.84. The minimum Gasteiger partial charge on any atom is -0.341 e. The zero-order valence-electron chi connectivity index (χ0n) is 8.70. The molecule has 0 saturated heterocycles. The van der Waals surface area contributed by atoms with Crippen LogP contribution < -0.4 is 5.32 Å². The molecular weight excluding hydrogens is 236 g/mol. The van der Waals surface area contributed by atoms with Crippen LogP contribution in [0.5, 0.6) is 0 Å². The summed E-state index contributed by atoms with van der Waals surface area (Å²) in [5, 5.41) is 9.35. The third kappa shape index (κ3) is 2.16. The molecule has 2 aromatic heterocycles. The number of anilines is 2. The van der Waals surface area contributed by atoms with Gasteiger partial charge >= 0.3 is 0 Å². The Balaban J connectivity index is 1.84. The number of hydrogen-bond donors (Lipinski definition) is 1.